The average molecular weight is 288 g/mol. The first-order valence-electron chi connectivity index (χ1n) is 7.21. The third kappa shape index (κ3) is 4.26. The van der Waals surface area contributed by atoms with Gasteiger partial charge < -0.3 is 10.1 Å². The van der Waals surface area contributed by atoms with E-state index in [-0.39, 0.29) is 11.9 Å². The van der Waals surface area contributed by atoms with E-state index in [1.807, 2.05) is 24.3 Å². The summed E-state index contributed by atoms with van der Waals surface area (Å²) in [6, 6.07) is 10.4. The van der Waals surface area contributed by atoms with Crippen LogP contribution in [0.1, 0.15) is 30.6 Å². The Kier molecular flexibility index (Phi) is 5.69. The summed E-state index contributed by atoms with van der Waals surface area (Å²) in [7, 11) is 1.65. The zero-order chi connectivity index (χ0) is 15.1. The third-order valence-corrected chi connectivity index (χ3v) is 3.34. The van der Waals surface area contributed by atoms with Gasteiger partial charge in [-0.1, -0.05) is 19.1 Å². The number of nitrogens with one attached hydrogen (secondary N) is 1. The van der Waals surface area contributed by atoms with Crippen molar-refractivity contribution in [2.45, 2.75) is 25.8 Å². The Morgan fingerprint density at radius 1 is 1.24 bits per heavy atom. The highest BCUT2D eigenvalue weighted by Crippen LogP contribution is 2.25. The van der Waals surface area contributed by atoms with Crippen molar-refractivity contribution >= 4 is 0 Å². The lowest BCUT2D eigenvalue weighted by atomic mass is 10.0. The molecule has 0 aliphatic rings. The van der Waals surface area contributed by atoms with Crippen LogP contribution in [0.5, 0.6) is 5.75 Å². The first-order chi connectivity index (χ1) is 10.2. The van der Waals surface area contributed by atoms with E-state index in [1.54, 1.807) is 13.3 Å². The van der Waals surface area contributed by atoms with E-state index in [0.717, 1.165) is 36.4 Å². The summed E-state index contributed by atoms with van der Waals surface area (Å²) in [6.45, 7) is 3.02. The highest BCUT2D eigenvalue weighted by atomic mass is 19.1. The summed E-state index contributed by atoms with van der Waals surface area (Å²) in [5.41, 5.74) is 1.95. The lowest BCUT2D eigenvalue weighted by Crippen LogP contribution is -2.25. The maximum Gasteiger partial charge on any atom is 0.141 e. The van der Waals surface area contributed by atoms with Crippen molar-refractivity contribution in [3.05, 3.63) is 59.7 Å². The Balaban J connectivity index is 2.23. The second-order valence-corrected chi connectivity index (χ2v) is 4.93. The van der Waals surface area contributed by atoms with Gasteiger partial charge in [0.05, 0.1) is 18.8 Å². The van der Waals surface area contributed by atoms with E-state index in [0.29, 0.717) is 0 Å². The molecule has 0 fully saturated rings. The molecular weight excluding hydrogens is 267 g/mol. The largest absolute Gasteiger partial charge is 0.495 e. The molecule has 1 atom stereocenters. The molecule has 4 heteroatoms. The highest BCUT2D eigenvalue weighted by molar-refractivity contribution is 5.31. The van der Waals surface area contributed by atoms with Crippen molar-refractivity contribution in [1.82, 2.24) is 10.3 Å². The van der Waals surface area contributed by atoms with Crippen LogP contribution in [0, 0.1) is 5.82 Å². The second kappa shape index (κ2) is 7.74. The molecule has 3 nitrogen and oxygen atoms in total. The number of methoxy groups -OCH3 is 1. The molecule has 0 saturated heterocycles. The van der Waals surface area contributed by atoms with Gasteiger partial charge in [0.2, 0.25) is 0 Å². The van der Waals surface area contributed by atoms with E-state index in [1.165, 1.54) is 12.1 Å². The van der Waals surface area contributed by atoms with Crippen LogP contribution >= 0.6 is 0 Å². The zero-order valence-corrected chi connectivity index (χ0v) is 12.5. The Morgan fingerprint density at radius 3 is 2.67 bits per heavy atom. The monoisotopic (exact) mass is 288 g/mol. The van der Waals surface area contributed by atoms with Gasteiger partial charge in [0.1, 0.15) is 11.6 Å². The fourth-order valence-corrected chi connectivity index (χ4v) is 2.28. The number of benzene rings is 1. The average Bonchev–Trinajstić information content (AvgIpc) is 2.53. The van der Waals surface area contributed by atoms with E-state index >= 15 is 0 Å². The van der Waals surface area contributed by atoms with Crippen LogP contribution in [-0.2, 0) is 6.42 Å². The molecule has 112 valence electrons. The SMILES string of the molecule is CCCNC(Cc1ccc(F)cc1)c1ncccc1OC. The van der Waals surface area contributed by atoms with Crippen molar-refractivity contribution in [3.63, 3.8) is 0 Å². The number of nitrogens with zero attached hydrogens (tertiary/aromatic N) is 1. The summed E-state index contributed by atoms with van der Waals surface area (Å²) in [4.78, 5) is 4.45. The van der Waals surface area contributed by atoms with Crippen molar-refractivity contribution in [1.29, 1.82) is 0 Å². The molecule has 1 unspecified atom stereocenters. The molecule has 1 aromatic carbocycles. The molecule has 0 radical (unpaired) electrons. The molecule has 0 aliphatic carbocycles. The fourth-order valence-electron chi connectivity index (χ4n) is 2.28. The van der Waals surface area contributed by atoms with Crippen LogP contribution in [0.25, 0.3) is 0 Å². The molecule has 1 N–H and O–H groups in total. The quantitative estimate of drug-likeness (QED) is 0.846. The molecule has 0 aliphatic heterocycles. The Bertz CT molecular complexity index is 557. The van der Waals surface area contributed by atoms with Crippen LogP contribution in [0.3, 0.4) is 0 Å². The lowest BCUT2D eigenvalue weighted by molar-refractivity contribution is 0.393. The van der Waals surface area contributed by atoms with Gasteiger partial charge in [-0.25, -0.2) is 4.39 Å². The molecule has 0 bridgehead atoms. The van der Waals surface area contributed by atoms with Crippen molar-refractivity contribution in [2.75, 3.05) is 13.7 Å². The molecule has 0 amide bonds. The number of halogens is 1. The molecule has 0 spiro atoms. The van der Waals surface area contributed by atoms with E-state index in [9.17, 15) is 4.39 Å². The zero-order valence-electron chi connectivity index (χ0n) is 12.5. The molecule has 0 saturated carbocycles. The minimum absolute atomic E-state index is 0.0477. The molecule has 21 heavy (non-hydrogen) atoms. The molecule has 2 rings (SSSR count). The summed E-state index contributed by atoms with van der Waals surface area (Å²) >= 11 is 0. The predicted octanol–water partition coefficient (Wildman–Crippen LogP) is 3.51. The number of hydrogen-bond acceptors (Lipinski definition) is 3. The van der Waals surface area contributed by atoms with Gasteiger partial charge in [0.25, 0.3) is 0 Å². The number of pyridine rings is 1. The first kappa shape index (κ1) is 15.4. The summed E-state index contributed by atoms with van der Waals surface area (Å²) < 4.78 is 18.4. The van der Waals surface area contributed by atoms with Crippen LogP contribution < -0.4 is 10.1 Å². The molecule has 1 heterocycles. The van der Waals surface area contributed by atoms with Gasteiger partial charge >= 0.3 is 0 Å². The maximum absolute atomic E-state index is 13.0. The molecule has 2 aromatic rings. The van der Waals surface area contributed by atoms with Crippen LogP contribution in [0.2, 0.25) is 0 Å². The number of hydrogen-bond donors (Lipinski definition) is 1. The number of aromatic nitrogens is 1. The predicted molar refractivity (Wildman–Crippen MR) is 81.9 cm³/mol. The number of rotatable bonds is 7. The van der Waals surface area contributed by atoms with Crippen molar-refractivity contribution < 1.29 is 9.13 Å². The Morgan fingerprint density at radius 2 is 2.00 bits per heavy atom. The molecule has 1 aromatic heterocycles. The smallest absolute Gasteiger partial charge is 0.141 e. The van der Waals surface area contributed by atoms with Gasteiger partial charge in [-0.05, 0) is 49.2 Å². The number of ether oxygens (including phenoxy) is 1. The summed E-state index contributed by atoms with van der Waals surface area (Å²) in [5.74, 6) is 0.556. The standard InChI is InChI=1S/C17H21FN2O/c1-3-10-19-15(12-13-6-8-14(18)9-7-13)17-16(21-2)5-4-11-20-17/h4-9,11,15,19H,3,10,12H2,1-2H3. The Labute approximate surface area is 125 Å². The van der Waals surface area contributed by atoms with E-state index in [2.05, 4.69) is 17.2 Å². The summed E-state index contributed by atoms with van der Waals surface area (Å²) in [5, 5.41) is 3.49. The van der Waals surface area contributed by atoms with E-state index < -0.39 is 0 Å². The van der Waals surface area contributed by atoms with Gasteiger partial charge in [-0.3, -0.25) is 4.98 Å². The van der Waals surface area contributed by atoms with Gasteiger partial charge in [-0.2, -0.15) is 0 Å². The normalized spacial score (nSPS) is 12.1. The lowest BCUT2D eigenvalue weighted by Gasteiger charge is -2.20. The minimum Gasteiger partial charge on any atom is -0.495 e. The molecular formula is C17H21FN2O. The van der Waals surface area contributed by atoms with Crippen LogP contribution in [0.15, 0.2) is 42.6 Å². The van der Waals surface area contributed by atoms with Gasteiger partial charge in [0.15, 0.2) is 0 Å². The van der Waals surface area contributed by atoms with Gasteiger partial charge in [0, 0.05) is 6.20 Å². The van der Waals surface area contributed by atoms with E-state index in [4.69, 9.17) is 4.74 Å². The second-order valence-electron chi connectivity index (χ2n) is 4.93. The topological polar surface area (TPSA) is 34.2 Å². The van der Waals surface area contributed by atoms with Crippen molar-refractivity contribution in [2.24, 2.45) is 0 Å². The Hall–Kier alpha value is -1.94. The van der Waals surface area contributed by atoms with Gasteiger partial charge in [-0.15, -0.1) is 0 Å². The highest BCUT2D eigenvalue weighted by Gasteiger charge is 2.17. The minimum atomic E-state index is -0.216. The van der Waals surface area contributed by atoms with Crippen molar-refractivity contribution in [3.8, 4) is 5.75 Å². The van der Waals surface area contributed by atoms with Crippen LogP contribution in [-0.4, -0.2) is 18.6 Å². The maximum atomic E-state index is 13.0. The third-order valence-electron chi connectivity index (χ3n) is 3.34. The summed E-state index contributed by atoms with van der Waals surface area (Å²) in [6.07, 6.45) is 3.55. The first-order valence-corrected chi connectivity index (χ1v) is 7.21. The van der Waals surface area contributed by atoms with Crippen LogP contribution in [0.4, 0.5) is 4.39 Å². The fraction of sp³-hybridized carbons (Fsp3) is 0.353.